The van der Waals surface area contributed by atoms with Crippen LogP contribution in [0.3, 0.4) is 0 Å². The lowest BCUT2D eigenvalue weighted by atomic mass is 10.1. The van der Waals surface area contributed by atoms with Crippen LogP contribution >= 0.6 is 0 Å². The third kappa shape index (κ3) is 3.24. The van der Waals surface area contributed by atoms with Gasteiger partial charge in [-0.2, -0.15) is 0 Å². The molecule has 4 nitrogen and oxygen atoms in total. The van der Waals surface area contributed by atoms with E-state index in [1.807, 2.05) is 41.8 Å². The molecule has 0 bridgehead atoms. The molecule has 0 spiro atoms. The summed E-state index contributed by atoms with van der Waals surface area (Å²) in [5, 5.41) is 2.97. The summed E-state index contributed by atoms with van der Waals surface area (Å²) >= 11 is 0. The highest BCUT2D eigenvalue weighted by molar-refractivity contribution is 5.77. The van der Waals surface area contributed by atoms with E-state index in [-0.39, 0.29) is 11.6 Å². The summed E-state index contributed by atoms with van der Waals surface area (Å²) in [4.78, 5) is 17.6. The fourth-order valence-electron chi connectivity index (χ4n) is 3.12. The van der Waals surface area contributed by atoms with E-state index >= 15 is 0 Å². The Balaban J connectivity index is 1.97. The average Bonchev–Trinajstić information content (AvgIpc) is 2.63. The topological polar surface area (TPSA) is 51.5 Å². The van der Waals surface area contributed by atoms with Gasteiger partial charge in [-0.25, -0.2) is 4.98 Å². The Labute approximate surface area is 142 Å². The van der Waals surface area contributed by atoms with E-state index < -0.39 is 0 Å². The number of fused-ring (bicyclic) bond motifs is 1. The highest BCUT2D eigenvalue weighted by Gasteiger charge is 2.20. The third-order valence-corrected chi connectivity index (χ3v) is 4.46. The number of nitrogens with two attached hydrogens (primary N) is 1. The average molecular weight is 322 g/mol. The summed E-state index contributed by atoms with van der Waals surface area (Å²) < 4.78 is 1.82. The molecule has 1 aromatic heterocycles. The molecule has 124 valence electrons. The summed E-state index contributed by atoms with van der Waals surface area (Å²) in [5.74, 6) is 0.875. The number of para-hydroxylation sites is 1. The first-order valence-electron chi connectivity index (χ1n) is 8.61. The van der Waals surface area contributed by atoms with E-state index in [2.05, 4.69) is 36.5 Å². The van der Waals surface area contributed by atoms with Crippen molar-refractivity contribution in [1.82, 2.24) is 9.55 Å². The maximum atomic E-state index is 12.8. The summed E-state index contributed by atoms with van der Waals surface area (Å²) in [7, 11) is 0. The van der Waals surface area contributed by atoms with Crippen LogP contribution in [-0.2, 0) is 13.1 Å². The van der Waals surface area contributed by atoms with Gasteiger partial charge in [0.15, 0.2) is 5.82 Å². The second-order valence-corrected chi connectivity index (χ2v) is 5.98. The van der Waals surface area contributed by atoms with Crippen LogP contribution in [0.4, 0.5) is 0 Å². The normalized spacial score (nSPS) is 12.4. The molecular formula is C20H24N3O+. The molecular weight excluding hydrogens is 298 g/mol. The molecule has 0 aliphatic rings. The molecule has 0 fully saturated rings. The van der Waals surface area contributed by atoms with Crippen LogP contribution in [0.1, 0.15) is 37.7 Å². The largest absolute Gasteiger partial charge is 0.334 e. The fraction of sp³-hybridized carbons (Fsp3) is 0.300. The highest BCUT2D eigenvalue weighted by Crippen LogP contribution is 2.14. The van der Waals surface area contributed by atoms with Gasteiger partial charge in [-0.1, -0.05) is 49.4 Å². The van der Waals surface area contributed by atoms with E-state index in [0.717, 1.165) is 24.3 Å². The minimum atomic E-state index is 0.0599. The lowest BCUT2D eigenvalue weighted by Gasteiger charge is -2.18. The minimum Gasteiger partial charge on any atom is -0.334 e. The van der Waals surface area contributed by atoms with Crippen molar-refractivity contribution in [2.75, 3.05) is 0 Å². The standard InChI is InChI=1S/C20H23N3O/c1-3-17(21-14-15-10-6-5-7-11-15)19-22-18-13-9-8-12-16(18)20(24)23(19)4-2/h5-13,17,21H,3-4,14H2,1-2H3/p+1/t17-/m0/s1. The molecule has 0 unspecified atom stereocenters. The Morgan fingerprint density at radius 3 is 2.46 bits per heavy atom. The zero-order valence-electron chi connectivity index (χ0n) is 14.3. The number of nitrogens with zero attached hydrogens (tertiary/aromatic N) is 2. The second kappa shape index (κ2) is 7.41. The fourth-order valence-corrected chi connectivity index (χ4v) is 3.12. The Bertz CT molecular complexity index is 871. The van der Waals surface area contributed by atoms with Crippen molar-refractivity contribution in [2.45, 2.75) is 39.4 Å². The molecule has 3 rings (SSSR count). The molecule has 2 aromatic carbocycles. The summed E-state index contributed by atoms with van der Waals surface area (Å²) in [6.07, 6.45) is 0.928. The monoisotopic (exact) mass is 322 g/mol. The summed E-state index contributed by atoms with van der Waals surface area (Å²) in [6, 6.07) is 18.2. The van der Waals surface area contributed by atoms with E-state index in [9.17, 15) is 4.79 Å². The van der Waals surface area contributed by atoms with E-state index in [4.69, 9.17) is 4.98 Å². The first-order chi connectivity index (χ1) is 11.7. The predicted octanol–water partition coefficient (Wildman–Crippen LogP) is 2.63. The van der Waals surface area contributed by atoms with Gasteiger partial charge in [-0.05, 0) is 19.1 Å². The van der Waals surface area contributed by atoms with Crippen molar-refractivity contribution >= 4 is 10.9 Å². The maximum absolute atomic E-state index is 12.8. The van der Waals surface area contributed by atoms with Crippen LogP contribution in [-0.4, -0.2) is 9.55 Å². The summed E-state index contributed by atoms with van der Waals surface area (Å²) in [6.45, 7) is 5.67. The maximum Gasteiger partial charge on any atom is 0.261 e. The molecule has 0 radical (unpaired) electrons. The van der Waals surface area contributed by atoms with Gasteiger partial charge in [0, 0.05) is 18.5 Å². The Hall–Kier alpha value is -2.46. The molecule has 1 heterocycles. The van der Waals surface area contributed by atoms with Gasteiger partial charge in [0.2, 0.25) is 0 Å². The molecule has 24 heavy (non-hydrogen) atoms. The van der Waals surface area contributed by atoms with E-state index in [0.29, 0.717) is 11.9 Å². The number of aromatic nitrogens is 2. The smallest absolute Gasteiger partial charge is 0.261 e. The van der Waals surface area contributed by atoms with Gasteiger partial charge in [0.05, 0.1) is 10.9 Å². The van der Waals surface area contributed by atoms with Gasteiger partial charge in [0.25, 0.3) is 5.56 Å². The van der Waals surface area contributed by atoms with Gasteiger partial charge in [0.1, 0.15) is 12.6 Å². The molecule has 0 amide bonds. The Morgan fingerprint density at radius 1 is 1.04 bits per heavy atom. The van der Waals surface area contributed by atoms with Crippen molar-refractivity contribution in [3.05, 3.63) is 76.3 Å². The second-order valence-electron chi connectivity index (χ2n) is 5.98. The van der Waals surface area contributed by atoms with Gasteiger partial charge >= 0.3 is 0 Å². The predicted molar refractivity (Wildman–Crippen MR) is 96.8 cm³/mol. The highest BCUT2D eigenvalue weighted by atomic mass is 16.1. The molecule has 0 aliphatic heterocycles. The van der Waals surface area contributed by atoms with Crippen LogP contribution in [0.2, 0.25) is 0 Å². The van der Waals surface area contributed by atoms with Crippen molar-refractivity contribution in [3.63, 3.8) is 0 Å². The molecule has 0 saturated heterocycles. The number of benzene rings is 2. The van der Waals surface area contributed by atoms with Crippen LogP contribution in [0.25, 0.3) is 10.9 Å². The zero-order valence-corrected chi connectivity index (χ0v) is 14.3. The molecule has 2 N–H and O–H groups in total. The van der Waals surface area contributed by atoms with Gasteiger partial charge < -0.3 is 5.32 Å². The number of rotatable bonds is 6. The van der Waals surface area contributed by atoms with Crippen LogP contribution < -0.4 is 10.9 Å². The Kier molecular flexibility index (Phi) is 5.06. The molecule has 4 heteroatoms. The molecule has 3 aromatic rings. The van der Waals surface area contributed by atoms with E-state index in [1.165, 1.54) is 5.56 Å². The molecule has 0 aliphatic carbocycles. The lowest BCUT2D eigenvalue weighted by Crippen LogP contribution is -2.84. The Morgan fingerprint density at radius 2 is 1.75 bits per heavy atom. The van der Waals surface area contributed by atoms with Crippen LogP contribution in [0.5, 0.6) is 0 Å². The van der Waals surface area contributed by atoms with Crippen molar-refractivity contribution in [3.8, 4) is 0 Å². The van der Waals surface area contributed by atoms with Crippen molar-refractivity contribution < 1.29 is 5.32 Å². The molecule has 1 atom stereocenters. The zero-order chi connectivity index (χ0) is 16.9. The third-order valence-electron chi connectivity index (χ3n) is 4.46. The quantitative estimate of drug-likeness (QED) is 0.758. The first kappa shape index (κ1) is 16.4. The van der Waals surface area contributed by atoms with E-state index in [1.54, 1.807) is 0 Å². The van der Waals surface area contributed by atoms with Gasteiger partial charge in [-0.15, -0.1) is 0 Å². The number of hydrogen-bond acceptors (Lipinski definition) is 2. The minimum absolute atomic E-state index is 0.0599. The summed E-state index contributed by atoms with van der Waals surface area (Å²) in [5.41, 5.74) is 2.13. The van der Waals surface area contributed by atoms with Crippen molar-refractivity contribution in [1.29, 1.82) is 0 Å². The first-order valence-corrected chi connectivity index (χ1v) is 8.61. The number of quaternary nitrogens is 1. The van der Waals surface area contributed by atoms with Gasteiger partial charge in [-0.3, -0.25) is 9.36 Å². The van der Waals surface area contributed by atoms with Crippen LogP contribution in [0, 0.1) is 0 Å². The van der Waals surface area contributed by atoms with Crippen molar-refractivity contribution in [2.24, 2.45) is 0 Å². The number of hydrogen-bond donors (Lipinski definition) is 1. The van der Waals surface area contributed by atoms with Crippen LogP contribution in [0.15, 0.2) is 59.4 Å². The lowest BCUT2D eigenvalue weighted by molar-refractivity contribution is -0.712. The molecule has 0 saturated carbocycles. The SMILES string of the molecule is CC[C@H]([NH2+]Cc1ccccc1)c1nc2ccccc2c(=O)n1CC.